The van der Waals surface area contributed by atoms with E-state index in [-0.39, 0.29) is 17.3 Å². The highest BCUT2D eigenvalue weighted by atomic mass is 79.9. The highest BCUT2D eigenvalue weighted by molar-refractivity contribution is 9.10. The van der Waals surface area contributed by atoms with Crippen molar-refractivity contribution in [3.05, 3.63) is 63.1 Å². The predicted octanol–water partition coefficient (Wildman–Crippen LogP) is 3.92. The molecule has 6 heteroatoms. The van der Waals surface area contributed by atoms with E-state index in [1.807, 2.05) is 18.2 Å². The second-order valence-corrected chi connectivity index (χ2v) is 6.20. The van der Waals surface area contributed by atoms with Crippen molar-refractivity contribution in [2.24, 2.45) is 5.73 Å². The van der Waals surface area contributed by atoms with E-state index >= 15 is 0 Å². The second kappa shape index (κ2) is 7.02. The Labute approximate surface area is 141 Å². The van der Waals surface area contributed by atoms with Gasteiger partial charge in [-0.1, -0.05) is 51.9 Å². The maximum atomic E-state index is 12.1. The molecule has 2 rings (SSSR count). The first kappa shape index (κ1) is 15.9. The van der Waals surface area contributed by atoms with Gasteiger partial charge in [0.25, 0.3) is 0 Å². The van der Waals surface area contributed by atoms with Crippen molar-refractivity contribution in [1.82, 2.24) is 0 Å². The summed E-state index contributed by atoms with van der Waals surface area (Å²) in [6.07, 6.45) is 0.230. The molecule has 0 saturated carbocycles. The molecule has 0 aliphatic heterocycles. The highest BCUT2D eigenvalue weighted by Gasteiger charge is 2.10. The van der Waals surface area contributed by atoms with Gasteiger partial charge in [0.2, 0.25) is 5.91 Å². The summed E-state index contributed by atoms with van der Waals surface area (Å²) in [7, 11) is 0. The number of nitrogens with two attached hydrogens (primary N) is 1. The van der Waals surface area contributed by atoms with E-state index in [2.05, 4.69) is 21.2 Å². The van der Waals surface area contributed by atoms with Gasteiger partial charge in [-0.3, -0.25) is 4.79 Å². The Hall–Kier alpha value is -1.43. The number of anilines is 1. The number of amides is 1. The minimum Gasteiger partial charge on any atom is -0.389 e. The molecule has 2 aromatic rings. The summed E-state index contributed by atoms with van der Waals surface area (Å²) < 4.78 is 0.846. The molecule has 0 aliphatic carbocycles. The average molecular weight is 384 g/mol. The number of hydrogen-bond donors (Lipinski definition) is 2. The summed E-state index contributed by atoms with van der Waals surface area (Å²) in [5.74, 6) is -0.155. The fraction of sp³-hybridized carbons (Fsp3) is 0.0667. The second-order valence-electron chi connectivity index (χ2n) is 4.41. The molecule has 0 aromatic heterocycles. The monoisotopic (exact) mass is 382 g/mol. The van der Waals surface area contributed by atoms with E-state index in [0.29, 0.717) is 16.3 Å². The Balaban J connectivity index is 2.15. The van der Waals surface area contributed by atoms with E-state index in [4.69, 9.17) is 29.6 Å². The van der Waals surface area contributed by atoms with Gasteiger partial charge in [0.15, 0.2) is 0 Å². The summed E-state index contributed by atoms with van der Waals surface area (Å²) >= 11 is 14.2. The molecule has 0 fully saturated rings. The maximum Gasteiger partial charge on any atom is 0.228 e. The lowest BCUT2D eigenvalue weighted by Crippen LogP contribution is -2.19. The Morgan fingerprint density at radius 3 is 2.71 bits per heavy atom. The van der Waals surface area contributed by atoms with E-state index in [1.165, 1.54) is 0 Å². The molecular weight excluding hydrogens is 372 g/mol. The lowest BCUT2D eigenvalue weighted by atomic mass is 10.1. The smallest absolute Gasteiger partial charge is 0.228 e. The molecule has 0 atom stereocenters. The fourth-order valence-electron chi connectivity index (χ4n) is 1.86. The molecule has 1 amide bonds. The third-order valence-electron chi connectivity index (χ3n) is 2.77. The van der Waals surface area contributed by atoms with Gasteiger partial charge in [0, 0.05) is 15.1 Å². The van der Waals surface area contributed by atoms with Crippen LogP contribution in [-0.2, 0) is 11.2 Å². The van der Waals surface area contributed by atoms with Crippen LogP contribution in [0.5, 0.6) is 0 Å². The third-order valence-corrected chi connectivity index (χ3v) is 3.72. The van der Waals surface area contributed by atoms with Gasteiger partial charge in [0.1, 0.15) is 4.99 Å². The van der Waals surface area contributed by atoms with Gasteiger partial charge in [-0.2, -0.15) is 0 Å². The molecule has 0 unspecified atom stereocenters. The number of carbonyl (C=O) groups is 1. The lowest BCUT2D eigenvalue weighted by molar-refractivity contribution is -0.115. The Morgan fingerprint density at radius 2 is 2.05 bits per heavy atom. The zero-order valence-electron chi connectivity index (χ0n) is 10.9. The van der Waals surface area contributed by atoms with Crippen LogP contribution in [0.3, 0.4) is 0 Å². The molecule has 0 heterocycles. The van der Waals surface area contributed by atoms with Gasteiger partial charge in [-0.25, -0.2) is 0 Å². The first-order valence-corrected chi connectivity index (χ1v) is 7.67. The van der Waals surface area contributed by atoms with Gasteiger partial charge in [-0.15, -0.1) is 0 Å². The Morgan fingerprint density at radius 1 is 1.29 bits per heavy atom. The standard InChI is InChI=1S/C15H12BrClN2OS/c16-10-4-5-13(12(8-10)15(18)21)19-14(20)7-9-2-1-3-11(17)6-9/h1-6,8H,7H2,(H2,18,21)(H,19,20). The van der Waals surface area contributed by atoms with Crippen LogP contribution in [0.25, 0.3) is 0 Å². The van der Waals surface area contributed by atoms with Crippen molar-refractivity contribution in [3.8, 4) is 0 Å². The van der Waals surface area contributed by atoms with Gasteiger partial charge < -0.3 is 11.1 Å². The van der Waals surface area contributed by atoms with Crippen LogP contribution in [0.15, 0.2) is 46.9 Å². The third kappa shape index (κ3) is 4.52. The fourth-order valence-corrected chi connectivity index (χ4v) is 2.60. The summed E-state index contributed by atoms with van der Waals surface area (Å²) in [6, 6.07) is 12.5. The molecule has 108 valence electrons. The minimum absolute atomic E-state index is 0.155. The van der Waals surface area contributed by atoms with Crippen molar-refractivity contribution in [2.45, 2.75) is 6.42 Å². The minimum atomic E-state index is -0.155. The lowest BCUT2D eigenvalue weighted by Gasteiger charge is -2.11. The number of halogens is 2. The molecule has 21 heavy (non-hydrogen) atoms. The summed E-state index contributed by atoms with van der Waals surface area (Å²) in [6.45, 7) is 0. The van der Waals surface area contributed by atoms with Crippen LogP contribution in [0.1, 0.15) is 11.1 Å². The van der Waals surface area contributed by atoms with Crippen LogP contribution < -0.4 is 11.1 Å². The Kier molecular flexibility index (Phi) is 5.33. The van der Waals surface area contributed by atoms with Gasteiger partial charge in [-0.05, 0) is 35.9 Å². The normalized spacial score (nSPS) is 10.2. The van der Waals surface area contributed by atoms with Gasteiger partial charge >= 0.3 is 0 Å². The molecular formula is C15H12BrClN2OS. The van der Waals surface area contributed by atoms with E-state index in [0.717, 1.165) is 10.0 Å². The molecule has 0 aliphatic rings. The first-order valence-electron chi connectivity index (χ1n) is 6.09. The molecule has 0 bridgehead atoms. The summed E-state index contributed by atoms with van der Waals surface area (Å²) in [4.78, 5) is 12.3. The van der Waals surface area contributed by atoms with Crippen molar-refractivity contribution in [1.29, 1.82) is 0 Å². The number of nitrogens with one attached hydrogen (secondary N) is 1. The first-order chi connectivity index (χ1) is 9.95. The molecule has 0 saturated heterocycles. The predicted molar refractivity (Wildman–Crippen MR) is 93.8 cm³/mol. The van der Waals surface area contributed by atoms with Crippen LogP contribution in [0, 0.1) is 0 Å². The average Bonchev–Trinajstić information content (AvgIpc) is 2.40. The largest absolute Gasteiger partial charge is 0.389 e. The van der Waals surface area contributed by atoms with E-state index in [9.17, 15) is 4.79 Å². The quantitative estimate of drug-likeness (QED) is 0.787. The highest BCUT2D eigenvalue weighted by Crippen LogP contribution is 2.21. The number of rotatable bonds is 4. The van der Waals surface area contributed by atoms with Crippen molar-refractivity contribution in [2.75, 3.05) is 5.32 Å². The SMILES string of the molecule is NC(=S)c1cc(Br)ccc1NC(=O)Cc1cccc(Cl)c1. The van der Waals surface area contributed by atoms with Crippen LogP contribution >= 0.6 is 39.7 Å². The van der Waals surface area contributed by atoms with Crippen LogP contribution in [0.4, 0.5) is 5.69 Å². The van der Waals surface area contributed by atoms with E-state index < -0.39 is 0 Å². The van der Waals surface area contributed by atoms with Crippen molar-refractivity contribution < 1.29 is 4.79 Å². The Bertz CT molecular complexity index is 706. The number of benzene rings is 2. The molecule has 3 N–H and O–H groups in total. The number of thiocarbonyl (C=S) groups is 1. The number of hydrogen-bond acceptors (Lipinski definition) is 2. The molecule has 0 spiro atoms. The summed E-state index contributed by atoms with van der Waals surface area (Å²) in [5.41, 5.74) is 7.73. The van der Waals surface area contributed by atoms with Crippen LogP contribution in [0.2, 0.25) is 5.02 Å². The topological polar surface area (TPSA) is 55.1 Å². The molecule has 2 aromatic carbocycles. The number of carbonyl (C=O) groups excluding carboxylic acids is 1. The molecule has 0 radical (unpaired) electrons. The maximum absolute atomic E-state index is 12.1. The summed E-state index contributed by atoms with van der Waals surface area (Å²) in [5, 5.41) is 3.42. The zero-order valence-corrected chi connectivity index (χ0v) is 14.1. The van der Waals surface area contributed by atoms with Crippen molar-refractivity contribution >= 4 is 56.3 Å². The zero-order chi connectivity index (χ0) is 15.4. The van der Waals surface area contributed by atoms with E-state index in [1.54, 1.807) is 24.3 Å². The van der Waals surface area contributed by atoms with Gasteiger partial charge in [0.05, 0.1) is 12.1 Å². The van der Waals surface area contributed by atoms with Crippen molar-refractivity contribution in [3.63, 3.8) is 0 Å². The van der Waals surface area contributed by atoms with Crippen LogP contribution in [-0.4, -0.2) is 10.9 Å². The molecule has 3 nitrogen and oxygen atoms in total.